The second kappa shape index (κ2) is 4.56. The largest absolute Gasteiger partial charge is 0.364 e. The summed E-state index contributed by atoms with van der Waals surface area (Å²) >= 11 is 1.86. The molecule has 14 heavy (non-hydrogen) atoms. The Bertz CT molecular complexity index is 221. The van der Waals surface area contributed by atoms with E-state index in [2.05, 4.69) is 44.9 Å². The summed E-state index contributed by atoms with van der Waals surface area (Å²) in [7, 11) is 0. The van der Waals surface area contributed by atoms with Crippen molar-refractivity contribution in [3.8, 4) is 0 Å². The SMILES string of the molecule is CC1CN=C(NCC(C)(C)C(C)C)S1. The van der Waals surface area contributed by atoms with Crippen molar-refractivity contribution in [2.45, 2.75) is 39.9 Å². The minimum Gasteiger partial charge on any atom is -0.364 e. The molecule has 1 N–H and O–H groups in total. The number of hydrogen-bond donors (Lipinski definition) is 1. The fourth-order valence-electron chi connectivity index (χ4n) is 1.08. The van der Waals surface area contributed by atoms with Crippen LogP contribution in [0.1, 0.15) is 34.6 Å². The van der Waals surface area contributed by atoms with Gasteiger partial charge in [-0.15, -0.1) is 0 Å². The summed E-state index contributed by atoms with van der Waals surface area (Å²) in [6, 6.07) is 0. The lowest BCUT2D eigenvalue weighted by Gasteiger charge is -2.29. The molecule has 0 spiro atoms. The fourth-order valence-corrected chi connectivity index (χ4v) is 1.92. The number of amidine groups is 1. The quantitative estimate of drug-likeness (QED) is 0.781. The van der Waals surface area contributed by atoms with Crippen LogP contribution >= 0.6 is 11.8 Å². The van der Waals surface area contributed by atoms with Crippen LogP contribution < -0.4 is 5.32 Å². The summed E-state index contributed by atoms with van der Waals surface area (Å²) in [5, 5.41) is 5.23. The standard InChI is InChI=1S/C11H22N2S/c1-8(2)11(4,5)7-13-10-12-6-9(3)14-10/h8-9H,6-7H2,1-5H3,(H,12,13). The molecule has 3 heteroatoms. The maximum atomic E-state index is 4.45. The molecule has 0 amide bonds. The van der Waals surface area contributed by atoms with Gasteiger partial charge >= 0.3 is 0 Å². The molecule has 0 bridgehead atoms. The Labute approximate surface area is 92.0 Å². The van der Waals surface area contributed by atoms with Gasteiger partial charge in [0, 0.05) is 11.8 Å². The zero-order valence-electron chi connectivity index (χ0n) is 9.92. The smallest absolute Gasteiger partial charge is 0.156 e. The maximum Gasteiger partial charge on any atom is 0.156 e. The van der Waals surface area contributed by atoms with Gasteiger partial charge in [0.1, 0.15) is 0 Å². The average Bonchev–Trinajstić information content (AvgIpc) is 2.48. The van der Waals surface area contributed by atoms with Crippen LogP contribution in [-0.2, 0) is 0 Å². The zero-order valence-corrected chi connectivity index (χ0v) is 10.7. The highest BCUT2D eigenvalue weighted by atomic mass is 32.2. The number of nitrogens with one attached hydrogen (secondary N) is 1. The van der Waals surface area contributed by atoms with E-state index in [4.69, 9.17) is 0 Å². The molecule has 0 aliphatic carbocycles. The van der Waals surface area contributed by atoms with Gasteiger partial charge in [-0.2, -0.15) is 0 Å². The molecule has 1 aliphatic rings. The summed E-state index contributed by atoms with van der Waals surface area (Å²) in [4.78, 5) is 4.45. The van der Waals surface area contributed by atoms with Crippen molar-refractivity contribution in [1.29, 1.82) is 0 Å². The zero-order chi connectivity index (χ0) is 10.8. The summed E-state index contributed by atoms with van der Waals surface area (Å²) in [6.45, 7) is 13.3. The molecular formula is C11H22N2S. The first-order valence-corrected chi connectivity index (χ1v) is 6.25. The molecule has 0 aromatic carbocycles. The number of thioether (sulfide) groups is 1. The molecule has 0 saturated heterocycles. The molecule has 0 aromatic rings. The van der Waals surface area contributed by atoms with Crippen LogP contribution in [0, 0.1) is 11.3 Å². The van der Waals surface area contributed by atoms with Crippen LogP contribution in [0.5, 0.6) is 0 Å². The van der Waals surface area contributed by atoms with Gasteiger partial charge in [-0.1, -0.05) is 46.4 Å². The summed E-state index contributed by atoms with van der Waals surface area (Å²) < 4.78 is 0. The molecule has 1 atom stereocenters. The van der Waals surface area contributed by atoms with E-state index in [0.717, 1.165) is 18.3 Å². The third-order valence-corrected chi connectivity index (χ3v) is 4.11. The van der Waals surface area contributed by atoms with E-state index < -0.39 is 0 Å². The van der Waals surface area contributed by atoms with E-state index in [1.165, 1.54) is 0 Å². The van der Waals surface area contributed by atoms with Crippen LogP contribution in [0.15, 0.2) is 4.99 Å². The van der Waals surface area contributed by atoms with E-state index in [9.17, 15) is 0 Å². The minimum atomic E-state index is 0.342. The van der Waals surface area contributed by atoms with Crippen molar-refractivity contribution in [2.24, 2.45) is 16.3 Å². The molecule has 0 aromatic heterocycles. The van der Waals surface area contributed by atoms with Gasteiger partial charge in [0.05, 0.1) is 6.54 Å². The first-order valence-electron chi connectivity index (χ1n) is 5.37. The van der Waals surface area contributed by atoms with Gasteiger partial charge in [0.25, 0.3) is 0 Å². The summed E-state index contributed by atoms with van der Waals surface area (Å²) in [6.07, 6.45) is 0. The van der Waals surface area contributed by atoms with Crippen molar-refractivity contribution in [3.63, 3.8) is 0 Å². The Balaban J connectivity index is 2.34. The van der Waals surface area contributed by atoms with Crippen LogP contribution in [-0.4, -0.2) is 23.5 Å². The predicted octanol–water partition coefficient (Wildman–Crippen LogP) is 2.75. The van der Waals surface area contributed by atoms with Gasteiger partial charge in [0.15, 0.2) is 5.17 Å². The van der Waals surface area contributed by atoms with Gasteiger partial charge in [-0.3, -0.25) is 4.99 Å². The summed E-state index contributed by atoms with van der Waals surface area (Å²) in [5.74, 6) is 0.694. The molecule has 1 heterocycles. The third kappa shape index (κ3) is 3.19. The first kappa shape index (κ1) is 11.9. The predicted molar refractivity (Wildman–Crippen MR) is 66.0 cm³/mol. The highest BCUT2D eigenvalue weighted by Crippen LogP contribution is 2.26. The van der Waals surface area contributed by atoms with E-state index in [1.807, 2.05) is 11.8 Å². The lowest BCUT2D eigenvalue weighted by molar-refractivity contribution is 0.251. The van der Waals surface area contributed by atoms with E-state index in [-0.39, 0.29) is 0 Å². The minimum absolute atomic E-state index is 0.342. The molecule has 1 rings (SSSR count). The van der Waals surface area contributed by atoms with Crippen LogP contribution in [0.3, 0.4) is 0 Å². The number of rotatable bonds is 3. The van der Waals surface area contributed by atoms with Gasteiger partial charge in [0.2, 0.25) is 0 Å². The molecular weight excluding hydrogens is 192 g/mol. The van der Waals surface area contributed by atoms with Crippen molar-refractivity contribution >= 4 is 16.9 Å². The molecule has 2 nitrogen and oxygen atoms in total. The Hall–Kier alpha value is -0.180. The lowest BCUT2D eigenvalue weighted by atomic mass is 9.81. The Morgan fingerprint density at radius 1 is 1.57 bits per heavy atom. The van der Waals surface area contributed by atoms with Crippen molar-refractivity contribution in [2.75, 3.05) is 13.1 Å². The Morgan fingerprint density at radius 2 is 2.21 bits per heavy atom. The van der Waals surface area contributed by atoms with Crippen molar-refractivity contribution < 1.29 is 0 Å². The maximum absolute atomic E-state index is 4.45. The Kier molecular flexibility index (Phi) is 3.87. The van der Waals surface area contributed by atoms with E-state index >= 15 is 0 Å². The fraction of sp³-hybridized carbons (Fsp3) is 0.909. The second-order valence-electron chi connectivity index (χ2n) is 5.07. The molecule has 0 radical (unpaired) electrons. The van der Waals surface area contributed by atoms with Crippen molar-refractivity contribution in [3.05, 3.63) is 0 Å². The van der Waals surface area contributed by atoms with Gasteiger partial charge in [-0.25, -0.2) is 0 Å². The molecule has 82 valence electrons. The van der Waals surface area contributed by atoms with E-state index in [0.29, 0.717) is 16.6 Å². The molecule has 1 aliphatic heterocycles. The second-order valence-corrected chi connectivity index (χ2v) is 6.50. The summed E-state index contributed by atoms with van der Waals surface area (Å²) in [5.41, 5.74) is 0.342. The van der Waals surface area contributed by atoms with Crippen LogP contribution in [0.4, 0.5) is 0 Å². The van der Waals surface area contributed by atoms with Gasteiger partial charge < -0.3 is 5.32 Å². The van der Waals surface area contributed by atoms with Gasteiger partial charge in [-0.05, 0) is 11.3 Å². The topological polar surface area (TPSA) is 24.4 Å². The number of nitrogens with zero attached hydrogens (tertiary/aromatic N) is 1. The third-order valence-electron chi connectivity index (χ3n) is 3.06. The average molecular weight is 214 g/mol. The van der Waals surface area contributed by atoms with Crippen molar-refractivity contribution in [1.82, 2.24) is 5.32 Å². The number of aliphatic imine (C=N–C) groups is 1. The molecule has 0 fully saturated rings. The highest BCUT2D eigenvalue weighted by Gasteiger charge is 2.23. The van der Waals surface area contributed by atoms with Crippen LogP contribution in [0.25, 0.3) is 0 Å². The lowest BCUT2D eigenvalue weighted by Crippen LogP contribution is -2.35. The first-order chi connectivity index (χ1) is 6.42. The highest BCUT2D eigenvalue weighted by molar-refractivity contribution is 8.14. The Morgan fingerprint density at radius 3 is 2.64 bits per heavy atom. The van der Waals surface area contributed by atoms with Crippen LogP contribution in [0.2, 0.25) is 0 Å². The monoisotopic (exact) mass is 214 g/mol. The number of hydrogen-bond acceptors (Lipinski definition) is 3. The molecule has 0 saturated carbocycles. The molecule has 1 unspecified atom stereocenters. The normalized spacial score (nSPS) is 22.7. The van der Waals surface area contributed by atoms with E-state index in [1.54, 1.807) is 0 Å².